The Balaban J connectivity index is 1.45. The van der Waals surface area contributed by atoms with Gasteiger partial charge in [0.15, 0.2) is 0 Å². The lowest BCUT2D eigenvalue weighted by Crippen LogP contribution is -2.52. The molecular formula is C27H48S2. The maximum absolute atomic E-state index is 5.21. The van der Waals surface area contributed by atoms with E-state index in [9.17, 15) is 0 Å². The van der Waals surface area contributed by atoms with Crippen molar-refractivity contribution in [3.05, 3.63) is 0 Å². The van der Waals surface area contributed by atoms with Gasteiger partial charge in [0.1, 0.15) is 0 Å². The van der Waals surface area contributed by atoms with E-state index in [1.807, 2.05) is 0 Å². The molecule has 168 valence electrons. The van der Waals surface area contributed by atoms with Gasteiger partial charge >= 0.3 is 0 Å². The second-order valence-electron chi connectivity index (χ2n) is 12.8. The van der Waals surface area contributed by atoms with Crippen LogP contribution in [0.25, 0.3) is 0 Å². The van der Waals surface area contributed by atoms with E-state index in [-0.39, 0.29) is 0 Å². The van der Waals surface area contributed by atoms with Crippen LogP contribution in [0.3, 0.4) is 0 Å². The van der Waals surface area contributed by atoms with Crippen molar-refractivity contribution in [1.29, 1.82) is 0 Å². The number of hydrogen-bond acceptors (Lipinski definition) is 2. The van der Waals surface area contributed by atoms with E-state index in [4.69, 9.17) is 12.6 Å². The van der Waals surface area contributed by atoms with E-state index in [1.165, 1.54) is 70.6 Å². The third-order valence-corrected chi connectivity index (χ3v) is 12.2. The number of rotatable bonds is 5. The van der Waals surface area contributed by atoms with Gasteiger partial charge in [-0.3, -0.25) is 0 Å². The lowest BCUT2D eigenvalue weighted by molar-refractivity contribution is -0.103. The van der Waals surface area contributed by atoms with E-state index >= 15 is 0 Å². The largest absolute Gasteiger partial charge is 0.176 e. The molecule has 0 nitrogen and oxygen atoms in total. The number of hydrogen-bond donors (Lipinski definition) is 2. The minimum absolute atomic E-state index is 0.509. The fourth-order valence-electron chi connectivity index (χ4n) is 9.06. The van der Waals surface area contributed by atoms with Gasteiger partial charge in [0.05, 0.1) is 0 Å². The first-order chi connectivity index (χ1) is 13.6. The lowest BCUT2D eigenvalue weighted by atomic mass is 9.45. The second-order valence-corrected chi connectivity index (χ2v) is 14.2. The Kier molecular flexibility index (Phi) is 6.76. The van der Waals surface area contributed by atoms with Gasteiger partial charge in [-0.05, 0) is 116 Å². The van der Waals surface area contributed by atoms with Crippen molar-refractivity contribution in [3.63, 3.8) is 0 Å². The smallest absolute Gasteiger partial charge is 0.00480 e. The SMILES string of the molecule is CC(S)C(C)CCC(S)C1CCC2(C)C1CCC1C3CCCC(C)(C)C3CCC12. The summed E-state index contributed by atoms with van der Waals surface area (Å²) in [5.41, 5.74) is 1.21. The lowest BCUT2D eigenvalue weighted by Gasteiger charge is -2.60. The summed E-state index contributed by atoms with van der Waals surface area (Å²) < 4.78 is 0. The standard InChI is InChI=1S/C27H48S2/c1-17(18(2)28)8-13-25(29)21-14-16-27(5)23-12-11-22-19(7-6-15-26(22,3)4)20(23)9-10-24(21)27/h17-25,28-29H,6-16H2,1-5H3. The quantitative estimate of drug-likeness (QED) is 0.398. The van der Waals surface area contributed by atoms with Crippen molar-refractivity contribution in [2.45, 2.75) is 116 Å². The Morgan fingerprint density at radius 2 is 1.41 bits per heavy atom. The molecule has 10 atom stereocenters. The molecule has 0 aromatic carbocycles. The zero-order valence-electron chi connectivity index (χ0n) is 19.9. The highest BCUT2D eigenvalue weighted by Crippen LogP contribution is 2.67. The van der Waals surface area contributed by atoms with Gasteiger partial charge in [-0.2, -0.15) is 25.3 Å². The summed E-state index contributed by atoms with van der Waals surface area (Å²) in [5, 5.41) is 1.12. The zero-order valence-corrected chi connectivity index (χ0v) is 21.7. The molecule has 0 N–H and O–H groups in total. The fourth-order valence-corrected chi connectivity index (χ4v) is 9.72. The summed E-state index contributed by atoms with van der Waals surface area (Å²) >= 11 is 9.88. The molecule has 2 heteroatoms. The Labute approximate surface area is 193 Å². The average Bonchev–Trinajstić information content (AvgIpc) is 3.02. The van der Waals surface area contributed by atoms with Gasteiger partial charge in [-0.25, -0.2) is 0 Å². The molecule has 4 aliphatic carbocycles. The van der Waals surface area contributed by atoms with Gasteiger partial charge in [0.25, 0.3) is 0 Å². The molecule has 0 aromatic heterocycles. The number of fused-ring (bicyclic) bond motifs is 5. The van der Waals surface area contributed by atoms with Crippen LogP contribution < -0.4 is 0 Å². The molecule has 10 unspecified atom stereocenters. The third kappa shape index (κ3) is 4.09. The van der Waals surface area contributed by atoms with Crippen LogP contribution in [-0.4, -0.2) is 10.5 Å². The molecule has 4 aliphatic rings. The first kappa shape index (κ1) is 22.9. The van der Waals surface area contributed by atoms with E-state index in [0.717, 1.165) is 35.5 Å². The zero-order chi connectivity index (χ0) is 21.0. The highest BCUT2D eigenvalue weighted by Gasteiger charge is 2.59. The van der Waals surface area contributed by atoms with Gasteiger partial charge in [0.2, 0.25) is 0 Å². The van der Waals surface area contributed by atoms with Crippen LogP contribution >= 0.6 is 25.3 Å². The van der Waals surface area contributed by atoms with Crippen molar-refractivity contribution in [2.75, 3.05) is 0 Å². The highest BCUT2D eigenvalue weighted by molar-refractivity contribution is 7.81. The van der Waals surface area contributed by atoms with Crippen LogP contribution in [0.5, 0.6) is 0 Å². The van der Waals surface area contributed by atoms with E-state index in [0.29, 0.717) is 27.2 Å². The molecule has 0 saturated heterocycles. The van der Waals surface area contributed by atoms with E-state index in [1.54, 1.807) is 0 Å². The van der Waals surface area contributed by atoms with Gasteiger partial charge in [0, 0.05) is 10.5 Å². The predicted octanol–water partition coefficient (Wildman–Crippen LogP) is 8.31. The predicted molar refractivity (Wildman–Crippen MR) is 134 cm³/mol. The Hall–Kier alpha value is 0.700. The molecule has 0 radical (unpaired) electrons. The third-order valence-electron chi connectivity index (χ3n) is 11.0. The molecule has 4 rings (SSSR count). The van der Waals surface area contributed by atoms with Crippen LogP contribution in [0.2, 0.25) is 0 Å². The maximum Gasteiger partial charge on any atom is 0.00480 e. The van der Waals surface area contributed by atoms with Crippen LogP contribution in [0.15, 0.2) is 0 Å². The van der Waals surface area contributed by atoms with Crippen LogP contribution in [0, 0.1) is 52.3 Å². The molecule has 0 spiro atoms. The summed E-state index contributed by atoms with van der Waals surface area (Å²) in [5.74, 6) is 6.63. The van der Waals surface area contributed by atoms with Crippen molar-refractivity contribution in [2.24, 2.45) is 52.3 Å². The molecule has 4 saturated carbocycles. The maximum atomic E-state index is 5.21. The molecule has 29 heavy (non-hydrogen) atoms. The Bertz CT molecular complexity index is 569. The molecule has 0 amide bonds. The molecule has 0 aliphatic heterocycles. The monoisotopic (exact) mass is 436 g/mol. The van der Waals surface area contributed by atoms with Crippen LogP contribution in [0.1, 0.15) is 105 Å². The van der Waals surface area contributed by atoms with Crippen molar-refractivity contribution < 1.29 is 0 Å². The van der Waals surface area contributed by atoms with Gasteiger partial charge in [-0.1, -0.05) is 41.0 Å². The normalized spacial score (nSPS) is 46.9. The van der Waals surface area contributed by atoms with Crippen molar-refractivity contribution in [3.8, 4) is 0 Å². The molecular weight excluding hydrogens is 388 g/mol. The second kappa shape index (κ2) is 8.57. The fraction of sp³-hybridized carbons (Fsp3) is 1.00. The van der Waals surface area contributed by atoms with E-state index < -0.39 is 0 Å². The van der Waals surface area contributed by atoms with E-state index in [2.05, 4.69) is 47.2 Å². The molecule has 0 aromatic rings. The molecule has 4 fully saturated rings. The van der Waals surface area contributed by atoms with Gasteiger partial charge < -0.3 is 0 Å². The minimum atomic E-state index is 0.509. The molecule has 0 bridgehead atoms. The summed E-state index contributed by atoms with van der Waals surface area (Å²) in [4.78, 5) is 0. The molecule has 0 heterocycles. The Morgan fingerprint density at radius 1 is 0.759 bits per heavy atom. The Morgan fingerprint density at radius 3 is 2.14 bits per heavy atom. The van der Waals surface area contributed by atoms with Crippen molar-refractivity contribution >= 4 is 25.3 Å². The summed E-state index contributed by atoms with van der Waals surface area (Å²) in [6.45, 7) is 12.5. The topological polar surface area (TPSA) is 0 Å². The van der Waals surface area contributed by atoms with Gasteiger partial charge in [-0.15, -0.1) is 0 Å². The minimum Gasteiger partial charge on any atom is -0.176 e. The summed E-state index contributed by atoms with van der Waals surface area (Å²) in [6.07, 6.45) is 16.1. The average molecular weight is 437 g/mol. The first-order valence-electron chi connectivity index (χ1n) is 13.0. The summed E-state index contributed by atoms with van der Waals surface area (Å²) in [6, 6.07) is 0. The van der Waals surface area contributed by atoms with Crippen LogP contribution in [-0.2, 0) is 0 Å². The highest BCUT2D eigenvalue weighted by atomic mass is 32.1. The van der Waals surface area contributed by atoms with Crippen molar-refractivity contribution in [1.82, 2.24) is 0 Å². The van der Waals surface area contributed by atoms with Crippen LogP contribution in [0.4, 0.5) is 0 Å². The number of thiol groups is 2. The summed E-state index contributed by atoms with van der Waals surface area (Å²) in [7, 11) is 0. The first-order valence-corrected chi connectivity index (χ1v) is 14.0.